The van der Waals surface area contributed by atoms with Gasteiger partial charge in [-0.15, -0.1) is 0 Å². The average Bonchev–Trinajstić information content (AvgIpc) is 3.36. The van der Waals surface area contributed by atoms with Gasteiger partial charge in [-0.1, -0.05) is 18.2 Å². The molecule has 1 N–H and O–H groups in total. The number of hydrogen-bond donors (Lipinski definition) is 1. The number of aromatic amines is 1. The highest BCUT2D eigenvalue weighted by Gasteiger charge is 2.37. The maximum absolute atomic E-state index is 13.0. The topological polar surface area (TPSA) is 74.2 Å². The Morgan fingerprint density at radius 2 is 2.15 bits per heavy atom. The van der Waals surface area contributed by atoms with Crippen LogP contribution in [0, 0.1) is 0 Å². The normalized spacial score (nSPS) is 17.0. The predicted octanol–water partition coefficient (Wildman–Crippen LogP) is 2.05. The van der Waals surface area contributed by atoms with Crippen molar-refractivity contribution < 1.29 is 9.59 Å². The number of para-hydroxylation sites is 1. The van der Waals surface area contributed by atoms with E-state index in [0.29, 0.717) is 25.9 Å². The van der Waals surface area contributed by atoms with Gasteiger partial charge in [0.1, 0.15) is 6.04 Å². The van der Waals surface area contributed by atoms with Crippen molar-refractivity contribution in [2.75, 3.05) is 7.05 Å². The summed E-state index contributed by atoms with van der Waals surface area (Å²) in [6.45, 7) is 0.916. The lowest BCUT2D eigenvalue weighted by Crippen LogP contribution is -2.45. The summed E-state index contributed by atoms with van der Waals surface area (Å²) < 4.78 is 1.76. The van der Waals surface area contributed by atoms with Gasteiger partial charge in [0.25, 0.3) is 0 Å². The third kappa shape index (κ3) is 3.20. The summed E-state index contributed by atoms with van der Waals surface area (Å²) in [5, 5.41) is 5.23. The van der Waals surface area contributed by atoms with Gasteiger partial charge in [0.05, 0.1) is 12.2 Å². The lowest BCUT2D eigenvalue weighted by molar-refractivity contribution is -0.141. The third-order valence-electron chi connectivity index (χ3n) is 5.33. The van der Waals surface area contributed by atoms with Gasteiger partial charge in [0, 0.05) is 50.4 Å². The number of hydrogen-bond acceptors (Lipinski definition) is 3. The van der Waals surface area contributed by atoms with Crippen LogP contribution < -0.4 is 0 Å². The molecule has 4 rings (SSSR count). The first-order valence-electron chi connectivity index (χ1n) is 9.11. The van der Waals surface area contributed by atoms with Gasteiger partial charge in [0.15, 0.2) is 0 Å². The van der Waals surface area contributed by atoms with E-state index in [-0.39, 0.29) is 11.8 Å². The van der Waals surface area contributed by atoms with Gasteiger partial charge in [-0.05, 0) is 24.1 Å². The summed E-state index contributed by atoms with van der Waals surface area (Å²) in [7, 11) is 3.64. The summed E-state index contributed by atoms with van der Waals surface area (Å²) in [6.07, 6.45) is 4.63. The fourth-order valence-electron chi connectivity index (χ4n) is 3.77. The van der Waals surface area contributed by atoms with Crippen molar-refractivity contribution >= 4 is 22.7 Å². The van der Waals surface area contributed by atoms with Gasteiger partial charge in [-0.2, -0.15) is 5.10 Å². The summed E-state index contributed by atoms with van der Waals surface area (Å²) >= 11 is 0. The van der Waals surface area contributed by atoms with Crippen LogP contribution in [0.25, 0.3) is 10.9 Å². The number of aromatic nitrogens is 3. The Morgan fingerprint density at radius 3 is 2.93 bits per heavy atom. The fourth-order valence-corrected chi connectivity index (χ4v) is 3.77. The zero-order valence-electron chi connectivity index (χ0n) is 15.6. The molecule has 1 aliphatic rings. The minimum absolute atomic E-state index is 0.0260. The van der Waals surface area contributed by atoms with E-state index in [9.17, 15) is 9.59 Å². The quantitative estimate of drug-likeness (QED) is 0.752. The molecule has 27 heavy (non-hydrogen) atoms. The molecule has 140 valence electrons. The van der Waals surface area contributed by atoms with E-state index in [4.69, 9.17) is 0 Å². The Hall–Kier alpha value is -3.09. The van der Waals surface area contributed by atoms with Crippen LogP contribution >= 0.6 is 0 Å². The van der Waals surface area contributed by atoms with Crippen LogP contribution in [0.4, 0.5) is 0 Å². The number of H-pyrrole nitrogens is 1. The molecule has 1 saturated heterocycles. The van der Waals surface area contributed by atoms with Gasteiger partial charge >= 0.3 is 0 Å². The third-order valence-corrected chi connectivity index (χ3v) is 5.33. The maximum Gasteiger partial charge on any atom is 0.245 e. The van der Waals surface area contributed by atoms with Crippen molar-refractivity contribution in [2.24, 2.45) is 7.05 Å². The molecular weight excluding hydrogens is 342 g/mol. The summed E-state index contributed by atoms with van der Waals surface area (Å²) in [6, 6.07) is 9.48. The first kappa shape index (κ1) is 17.3. The fraction of sp³-hybridized carbons (Fsp3) is 0.350. The van der Waals surface area contributed by atoms with Crippen molar-refractivity contribution in [3.63, 3.8) is 0 Å². The number of benzene rings is 1. The Bertz CT molecular complexity index is 989. The summed E-state index contributed by atoms with van der Waals surface area (Å²) in [4.78, 5) is 32.1. The molecule has 0 saturated carbocycles. The highest BCUT2D eigenvalue weighted by Crippen LogP contribution is 2.26. The smallest absolute Gasteiger partial charge is 0.245 e. The van der Waals surface area contributed by atoms with E-state index in [1.165, 1.54) is 0 Å². The Labute approximate surface area is 157 Å². The van der Waals surface area contributed by atoms with Crippen molar-refractivity contribution in [2.45, 2.75) is 32.0 Å². The monoisotopic (exact) mass is 365 g/mol. The van der Waals surface area contributed by atoms with Gasteiger partial charge in [-0.3, -0.25) is 14.3 Å². The van der Waals surface area contributed by atoms with Crippen LogP contribution in [0.1, 0.15) is 24.1 Å². The zero-order chi connectivity index (χ0) is 19.0. The van der Waals surface area contributed by atoms with Gasteiger partial charge in [-0.25, -0.2) is 0 Å². The van der Waals surface area contributed by atoms with E-state index in [0.717, 1.165) is 22.2 Å². The number of nitrogens with zero attached hydrogens (tertiary/aromatic N) is 4. The predicted molar refractivity (Wildman–Crippen MR) is 102 cm³/mol. The maximum atomic E-state index is 13.0. The van der Waals surface area contributed by atoms with E-state index in [2.05, 4.69) is 10.1 Å². The Kier molecular flexibility index (Phi) is 4.43. The van der Waals surface area contributed by atoms with Crippen LogP contribution in [0.3, 0.4) is 0 Å². The number of rotatable bonds is 5. The highest BCUT2D eigenvalue weighted by molar-refractivity contribution is 5.91. The largest absolute Gasteiger partial charge is 0.361 e. The van der Waals surface area contributed by atoms with Gasteiger partial charge in [0.2, 0.25) is 11.8 Å². The number of carbonyl (C=O) groups excluding carboxylic acids is 2. The molecule has 1 atom stereocenters. The molecule has 0 aliphatic carbocycles. The SMILES string of the molecule is CN(Cc1ccnn1C)C(=O)C1CCC(=O)N1Cc1c[nH]c2ccccc12. The molecule has 2 amide bonds. The number of likely N-dealkylation sites (N-methyl/N-ethyl adjacent to an activating group) is 1. The molecule has 0 spiro atoms. The highest BCUT2D eigenvalue weighted by atomic mass is 16.2. The second-order valence-electron chi connectivity index (χ2n) is 7.08. The molecule has 1 fully saturated rings. The second kappa shape index (κ2) is 6.90. The first-order chi connectivity index (χ1) is 13.0. The lowest BCUT2D eigenvalue weighted by Gasteiger charge is -2.28. The van der Waals surface area contributed by atoms with Crippen LogP contribution in [-0.4, -0.2) is 49.5 Å². The van der Waals surface area contributed by atoms with Crippen molar-refractivity contribution in [3.8, 4) is 0 Å². The molecule has 0 radical (unpaired) electrons. The van der Waals surface area contributed by atoms with E-state index in [1.54, 1.807) is 27.7 Å². The number of amides is 2. The number of carbonyl (C=O) groups is 2. The second-order valence-corrected chi connectivity index (χ2v) is 7.08. The number of fused-ring (bicyclic) bond motifs is 1. The summed E-state index contributed by atoms with van der Waals surface area (Å²) in [5.41, 5.74) is 3.03. The van der Waals surface area contributed by atoms with E-state index >= 15 is 0 Å². The molecule has 1 aliphatic heterocycles. The molecular formula is C20H23N5O2. The van der Waals surface area contributed by atoms with Crippen molar-refractivity contribution in [3.05, 3.63) is 54.0 Å². The molecule has 3 heterocycles. The molecule has 7 nitrogen and oxygen atoms in total. The average molecular weight is 365 g/mol. The van der Waals surface area contributed by atoms with Crippen LogP contribution in [0.2, 0.25) is 0 Å². The first-order valence-corrected chi connectivity index (χ1v) is 9.11. The zero-order valence-corrected chi connectivity index (χ0v) is 15.6. The Morgan fingerprint density at radius 1 is 1.33 bits per heavy atom. The molecule has 7 heteroatoms. The minimum Gasteiger partial charge on any atom is -0.361 e. The standard InChI is InChI=1S/C20H23N5O2/c1-23(13-15-9-10-22-24(15)2)20(27)18-7-8-19(26)25(18)12-14-11-21-17-6-4-3-5-16(14)17/h3-6,9-11,18,21H,7-8,12-13H2,1-2H3. The van der Waals surface area contributed by atoms with E-state index in [1.807, 2.05) is 43.6 Å². The van der Waals surface area contributed by atoms with Crippen LogP contribution in [0.5, 0.6) is 0 Å². The number of nitrogens with one attached hydrogen (secondary N) is 1. The Balaban J connectivity index is 1.52. The van der Waals surface area contributed by atoms with Crippen LogP contribution in [0.15, 0.2) is 42.7 Å². The lowest BCUT2D eigenvalue weighted by atomic mass is 10.1. The molecule has 1 aromatic carbocycles. The molecule has 1 unspecified atom stereocenters. The molecule has 3 aromatic rings. The minimum atomic E-state index is -0.413. The van der Waals surface area contributed by atoms with Crippen LogP contribution in [-0.2, 0) is 29.7 Å². The molecule has 0 bridgehead atoms. The van der Waals surface area contributed by atoms with Crippen molar-refractivity contribution in [1.29, 1.82) is 0 Å². The van der Waals surface area contributed by atoms with Gasteiger partial charge < -0.3 is 14.8 Å². The number of aryl methyl sites for hydroxylation is 1. The van der Waals surface area contributed by atoms with Crippen molar-refractivity contribution in [1.82, 2.24) is 24.6 Å². The number of likely N-dealkylation sites (tertiary alicyclic amines) is 1. The molecule has 2 aromatic heterocycles. The van der Waals surface area contributed by atoms with E-state index < -0.39 is 6.04 Å². The summed E-state index contributed by atoms with van der Waals surface area (Å²) in [5.74, 6) is 0.00876.